The zero-order valence-corrected chi connectivity index (χ0v) is 10.5. The molecule has 104 valence electrons. The van der Waals surface area contributed by atoms with Gasteiger partial charge in [-0.2, -0.15) is 4.31 Å². The van der Waals surface area contributed by atoms with E-state index in [9.17, 15) is 22.0 Å². The molecule has 0 aromatic heterocycles. The molecule has 0 saturated heterocycles. The third-order valence-corrected chi connectivity index (χ3v) is 4.66. The van der Waals surface area contributed by atoms with Crippen molar-refractivity contribution >= 4 is 16.0 Å². The molecule has 1 N–H and O–H groups in total. The fourth-order valence-corrected chi connectivity index (χ4v) is 3.40. The van der Waals surface area contributed by atoms with Crippen LogP contribution in [0.5, 0.6) is 0 Å². The van der Waals surface area contributed by atoms with E-state index in [1.807, 2.05) is 0 Å². The Morgan fingerprint density at radius 3 is 2.47 bits per heavy atom. The first-order valence-electron chi connectivity index (χ1n) is 5.51. The van der Waals surface area contributed by atoms with Crippen molar-refractivity contribution in [1.29, 1.82) is 0 Å². The summed E-state index contributed by atoms with van der Waals surface area (Å²) in [5.74, 6) is -3.44. The maximum Gasteiger partial charge on any atom is 0.318 e. The molecule has 0 amide bonds. The lowest BCUT2D eigenvalue weighted by Gasteiger charge is -2.20. The molecule has 0 bridgehead atoms. The maximum atomic E-state index is 13.5. The van der Waals surface area contributed by atoms with Crippen LogP contribution in [0.15, 0.2) is 23.1 Å². The first kappa shape index (κ1) is 13.9. The standard InChI is InChI=1S/C11H11F2NO4S/c12-7-1-4-10(9(13)5-7)19(17,18)14(6-11(15)16)8-2-3-8/h1,4-5,8H,2-3,6H2,(H,15,16). The molecule has 0 radical (unpaired) electrons. The van der Waals surface area contributed by atoms with Crippen LogP contribution in [0.4, 0.5) is 8.78 Å². The fourth-order valence-electron chi connectivity index (χ4n) is 1.72. The Hall–Kier alpha value is -1.54. The van der Waals surface area contributed by atoms with E-state index in [4.69, 9.17) is 5.11 Å². The average molecular weight is 291 g/mol. The topological polar surface area (TPSA) is 74.7 Å². The Bertz CT molecular complexity index is 613. The van der Waals surface area contributed by atoms with Gasteiger partial charge in [0.2, 0.25) is 10.0 Å². The minimum absolute atomic E-state index is 0.425. The molecule has 0 heterocycles. The Balaban J connectivity index is 2.41. The lowest BCUT2D eigenvalue weighted by atomic mass is 10.3. The van der Waals surface area contributed by atoms with E-state index in [0.29, 0.717) is 18.9 Å². The number of hydrogen-bond donors (Lipinski definition) is 1. The molecule has 0 spiro atoms. The number of carboxylic acid groups (broad SMARTS) is 1. The molecule has 19 heavy (non-hydrogen) atoms. The van der Waals surface area contributed by atoms with Crippen LogP contribution in [0.3, 0.4) is 0 Å². The van der Waals surface area contributed by atoms with Crippen LogP contribution >= 0.6 is 0 Å². The number of aliphatic carboxylic acids is 1. The normalized spacial score (nSPS) is 15.7. The Morgan fingerprint density at radius 2 is 2.00 bits per heavy atom. The molecule has 1 aliphatic rings. The number of benzene rings is 1. The predicted molar refractivity (Wildman–Crippen MR) is 60.9 cm³/mol. The summed E-state index contributed by atoms with van der Waals surface area (Å²) in [6.07, 6.45) is 1.07. The van der Waals surface area contributed by atoms with Gasteiger partial charge in [0.25, 0.3) is 0 Å². The van der Waals surface area contributed by atoms with Crippen LogP contribution in [-0.2, 0) is 14.8 Å². The number of carboxylic acids is 1. The molecule has 2 rings (SSSR count). The van der Waals surface area contributed by atoms with Crippen molar-refractivity contribution in [2.45, 2.75) is 23.8 Å². The van der Waals surface area contributed by atoms with Crippen molar-refractivity contribution in [2.24, 2.45) is 0 Å². The SMILES string of the molecule is O=C(O)CN(C1CC1)S(=O)(=O)c1ccc(F)cc1F. The zero-order valence-electron chi connectivity index (χ0n) is 9.71. The summed E-state index contributed by atoms with van der Waals surface area (Å²) in [4.78, 5) is 9.99. The highest BCUT2D eigenvalue weighted by Crippen LogP contribution is 2.32. The van der Waals surface area contributed by atoms with Crippen LogP contribution < -0.4 is 0 Å². The third-order valence-electron chi connectivity index (χ3n) is 2.73. The van der Waals surface area contributed by atoms with Gasteiger partial charge in [0.05, 0.1) is 0 Å². The van der Waals surface area contributed by atoms with Gasteiger partial charge in [0, 0.05) is 12.1 Å². The van der Waals surface area contributed by atoms with Crippen molar-refractivity contribution in [3.63, 3.8) is 0 Å². The lowest BCUT2D eigenvalue weighted by molar-refractivity contribution is -0.137. The second-order valence-corrected chi connectivity index (χ2v) is 6.11. The number of sulfonamides is 1. The molecule has 5 nitrogen and oxygen atoms in total. The summed E-state index contributed by atoms with van der Waals surface area (Å²) in [5, 5.41) is 8.72. The molecule has 0 atom stereocenters. The second kappa shape index (κ2) is 4.86. The second-order valence-electron chi connectivity index (χ2n) is 4.25. The summed E-state index contributed by atoms with van der Waals surface area (Å²) in [6, 6.07) is 1.66. The molecule has 8 heteroatoms. The van der Waals surface area contributed by atoms with Gasteiger partial charge in [-0.3, -0.25) is 4.79 Å². The lowest BCUT2D eigenvalue weighted by Crippen LogP contribution is -2.37. The molecule has 0 unspecified atom stereocenters. The third kappa shape index (κ3) is 2.90. The van der Waals surface area contributed by atoms with Crippen molar-refractivity contribution in [3.8, 4) is 0 Å². The highest BCUT2D eigenvalue weighted by Gasteiger charge is 2.40. The molecular formula is C11H11F2NO4S. The Kier molecular flexibility index (Phi) is 3.55. The summed E-state index contributed by atoms with van der Waals surface area (Å²) in [7, 11) is -4.27. The summed E-state index contributed by atoms with van der Waals surface area (Å²) in [5.41, 5.74) is 0. The van der Waals surface area contributed by atoms with Gasteiger partial charge in [-0.25, -0.2) is 17.2 Å². The van der Waals surface area contributed by atoms with Crippen LogP contribution in [0.25, 0.3) is 0 Å². The van der Waals surface area contributed by atoms with Gasteiger partial charge in [0.15, 0.2) is 0 Å². The van der Waals surface area contributed by atoms with Gasteiger partial charge in [0.1, 0.15) is 23.1 Å². The molecule has 1 saturated carbocycles. The van der Waals surface area contributed by atoms with E-state index < -0.39 is 45.1 Å². The fraction of sp³-hybridized carbons (Fsp3) is 0.364. The van der Waals surface area contributed by atoms with Crippen LogP contribution in [-0.4, -0.2) is 36.4 Å². The molecule has 1 fully saturated rings. The van der Waals surface area contributed by atoms with Crippen LogP contribution in [0, 0.1) is 11.6 Å². The monoisotopic (exact) mass is 291 g/mol. The molecule has 1 aliphatic carbocycles. The largest absolute Gasteiger partial charge is 0.480 e. The highest BCUT2D eigenvalue weighted by atomic mass is 32.2. The number of carbonyl (C=O) groups is 1. The van der Waals surface area contributed by atoms with E-state index >= 15 is 0 Å². The molecule has 1 aromatic rings. The van der Waals surface area contributed by atoms with Crippen molar-refractivity contribution < 1.29 is 27.1 Å². The summed E-state index contributed by atoms with van der Waals surface area (Å²) >= 11 is 0. The smallest absolute Gasteiger partial charge is 0.318 e. The molecule has 0 aliphatic heterocycles. The van der Waals surface area contributed by atoms with Crippen molar-refractivity contribution in [2.75, 3.05) is 6.54 Å². The first-order chi connectivity index (χ1) is 8.82. The van der Waals surface area contributed by atoms with Crippen LogP contribution in [0.1, 0.15) is 12.8 Å². The minimum Gasteiger partial charge on any atom is -0.480 e. The van der Waals surface area contributed by atoms with Gasteiger partial charge in [-0.1, -0.05) is 0 Å². The number of hydrogen-bond acceptors (Lipinski definition) is 3. The van der Waals surface area contributed by atoms with Gasteiger partial charge in [-0.05, 0) is 25.0 Å². The maximum absolute atomic E-state index is 13.5. The molecule has 1 aromatic carbocycles. The zero-order chi connectivity index (χ0) is 14.2. The molecular weight excluding hydrogens is 280 g/mol. The first-order valence-corrected chi connectivity index (χ1v) is 6.95. The van der Waals surface area contributed by atoms with E-state index in [2.05, 4.69) is 0 Å². The van der Waals surface area contributed by atoms with Crippen molar-refractivity contribution in [1.82, 2.24) is 4.31 Å². The van der Waals surface area contributed by atoms with Gasteiger partial charge < -0.3 is 5.11 Å². The number of rotatable bonds is 5. The number of halogens is 2. The Labute approximate surface area is 108 Å². The average Bonchev–Trinajstić information content (AvgIpc) is 3.08. The predicted octanol–water partition coefficient (Wildman–Crippen LogP) is 1.20. The highest BCUT2D eigenvalue weighted by molar-refractivity contribution is 7.89. The quantitative estimate of drug-likeness (QED) is 0.884. The Morgan fingerprint density at radius 1 is 1.37 bits per heavy atom. The summed E-state index contributed by atoms with van der Waals surface area (Å²) in [6.45, 7) is -0.732. The van der Waals surface area contributed by atoms with Gasteiger partial charge >= 0.3 is 5.97 Å². The van der Waals surface area contributed by atoms with Crippen molar-refractivity contribution in [3.05, 3.63) is 29.8 Å². The van der Waals surface area contributed by atoms with Gasteiger partial charge in [-0.15, -0.1) is 0 Å². The minimum atomic E-state index is -4.27. The van der Waals surface area contributed by atoms with Crippen LogP contribution in [0.2, 0.25) is 0 Å². The van der Waals surface area contributed by atoms with E-state index in [1.165, 1.54) is 0 Å². The number of nitrogens with zero attached hydrogens (tertiary/aromatic N) is 1. The van der Waals surface area contributed by atoms with E-state index in [-0.39, 0.29) is 0 Å². The summed E-state index contributed by atoms with van der Waals surface area (Å²) < 4.78 is 51.4. The van der Waals surface area contributed by atoms with E-state index in [1.54, 1.807) is 0 Å². The van der Waals surface area contributed by atoms with E-state index in [0.717, 1.165) is 16.4 Å².